The number of aliphatic hydroxyl groups is 1. The molecule has 3 aromatic rings. The molecule has 6 nitrogen and oxygen atoms in total. The SMILES string of the molecule is CCOc1ccc(N2C(=O)C(=O)/C(=C(/O)c3ccc(F)c(C)c3)C2c2ccccc2)cc1OCC. The second-order valence-electron chi connectivity index (χ2n) is 8.04. The number of halogens is 1. The van der Waals surface area contributed by atoms with Crippen molar-refractivity contribution in [3.63, 3.8) is 0 Å². The first kappa shape index (κ1) is 24.0. The molecule has 180 valence electrons. The van der Waals surface area contributed by atoms with Crippen LogP contribution in [0, 0.1) is 12.7 Å². The van der Waals surface area contributed by atoms with Gasteiger partial charge in [0.25, 0.3) is 11.7 Å². The summed E-state index contributed by atoms with van der Waals surface area (Å²) < 4.78 is 25.2. The monoisotopic (exact) mass is 475 g/mol. The minimum Gasteiger partial charge on any atom is -0.507 e. The van der Waals surface area contributed by atoms with Gasteiger partial charge in [-0.05, 0) is 62.2 Å². The number of carbonyl (C=O) groups is 2. The zero-order valence-corrected chi connectivity index (χ0v) is 19.7. The third kappa shape index (κ3) is 4.49. The molecule has 1 aliphatic heterocycles. The Hall–Kier alpha value is -4.13. The smallest absolute Gasteiger partial charge is 0.300 e. The van der Waals surface area contributed by atoms with Crippen LogP contribution < -0.4 is 14.4 Å². The van der Waals surface area contributed by atoms with Crippen molar-refractivity contribution in [1.29, 1.82) is 0 Å². The topological polar surface area (TPSA) is 76.1 Å². The molecule has 1 aliphatic rings. The van der Waals surface area contributed by atoms with E-state index in [4.69, 9.17) is 9.47 Å². The van der Waals surface area contributed by atoms with E-state index in [2.05, 4.69) is 0 Å². The molecule has 1 saturated heterocycles. The van der Waals surface area contributed by atoms with Gasteiger partial charge >= 0.3 is 0 Å². The van der Waals surface area contributed by atoms with Gasteiger partial charge in [0.1, 0.15) is 11.6 Å². The largest absolute Gasteiger partial charge is 0.507 e. The number of hydrogen-bond acceptors (Lipinski definition) is 5. The standard InChI is InChI=1S/C28H26FNO5/c1-4-34-22-14-12-20(16-23(22)35-5-2)30-25(18-9-7-6-8-10-18)24(27(32)28(30)33)26(31)19-11-13-21(29)17(3)15-19/h6-16,25,31H,4-5H2,1-3H3/b26-24+. The maximum absolute atomic E-state index is 13.8. The normalized spacial score (nSPS) is 17.0. The molecular weight excluding hydrogens is 449 g/mol. The van der Waals surface area contributed by atoms with Gasteiger partial charge in [0.2, 0.25) is 0 Å². The molecule has 0 radical (unpaired) electrons. The van der Waals surface area contributed by atoms with Crippen LogP contribution >= 0.6 is 0 Å². The van der Waals surface area contributed by atoms with E-state index in [0.29, 0.717) is 41.5 Å². The van der Waals surface area contributed by atoms with Crippen LogP contribution in [-0.2, 0) is 9.59 Å². The van der Waals surface area contributed by atoms with Gasteiger partial charge in [0.05, 0.1) is 24.8 Å². The number of ether oxygens (including phenoxy) is 2. The average molecular weight is 476 g/mol. The quantitative estimate of drug-likeness (QED) is 0.275. The summed E-state index contributed by atoms with van der Waals surface area (Å²) in [6, 6.07) is 17.2. The van der Waals surface area contributed by atoms with Gasteiger partial charge in [-0.2, -0.15) is 0 Å². The van der Waals surface area contributed by atoms with Gasteiger partial charge in [-0.1, -0.05) is 30.3 Å². The van der Waals surface area contributed by atoms with Crippen molar-refractivity contribution >= 4 is 23.1 Å². The zero-order chi connectivity index (χ0) is 25.1. The summed E-state index contributed by atoms with van der Waals surface area (Å²) in [5.41, 5.74) is 1.55. The summed E-state index contributed by atoms with van der Waals surface area (Å²) in [6.45, 7) is 6.08. The van der Waals surface area contributed by atoms with Crippen molar-refractivity contribution in [3.05, 3.63) is 94.8 Å². The number of amides is 1. The van der Waals surface area contributed by atoms with E-state index in [9.17, 15) is 19.1 Å². The Bertz CT molecular complexity index is 1300. The van der Waals surface area contributed by atoms with Gasteiger partial charge < -0.3 is 14.6 Å². The number of aliphatic hydroxyl groups excluding tert-OH is 1. The second-order valence-corrected chi connectivity index (χ2v) is 8.04. The molecule has 3 aromatic carbocycles. The maximum atomic E-state index is 13.8. The molecular formula is C28H26FNO5. The van der Waals surface area contributed by atoms with Crippen molar-refractivity contribution in [1.82, 2.24) is 0 Å². The van der Waals surface area contributed by atoms with E-state index in [0.717, 1.165) is 0 Å². The van der Waals surface area contributed by atoms with Gasteiger partial charge in [-0.25, -0.2) is 4.39 Å². The zero-order valence-electron chi connectivity index (χ0n) is 19.7. The maximum Gasteiger partial charge on any atom is 0.300 e. The molecule has 0 saturated carbocycles. The van der Waals surface area contributed by atoms with Crippen LogP contribution in [-0.4, -0.2) is 30.0 Å². The number of nitrogens with zero attached hydrogens (tertiary/aromatic N) is 1. The number of carbonyl (C=O) groups excluding carboxylic acids is 2. The molecule has 7 heteroatoms. The fourth-order valence-corrected chi connectivity index (χ4v) is 4.19. The number of ketones is 1. The number of hydrogen-bond donors (Lipinski definition) is 1. The van der Waals surface area contributed by atoms with Crippen LogP contribution in [0.15, 0.2) is 72.3 Å². The first-order valence-electron chi connectivity index (χ1n) is 11.4. The molecule has 4 rings (SSSR count). The summed E-state index contributed by atoms with van der Waals surface area (Å²) in [5.74, 6) is -1.45. The first-order valence-corrected chi connectivity index (χ1v) is 11.4. The van der Waals surface area contributed by atoms with Crippen molar-refractivity contribution in [2.45, 2.75) is 26.8 Å². The summed E-state index contributed by atoms with van der Waals surface area (Å²) in [5, 5.41) is 11.2. The van der Waals surface area contributed by atoms with E-state index in [1.54, 1.807) is 49.4 Å². The van der Waals surface area contributed by atoms with E-state index in [1.165, 1.54) is 23.1 Å². The summed E-state index contributed by atoms with van der Waals surface area (Å²) in [4.78, 5) is 28.0. The molecule has 1 atom stereocenters. The van der Waals surface area contributed by atoms with Crippen molar-refractivity contribution in [2.75, 3.05) is 18.1 Å². The van der Waals surface area contributed by atoms with Crippen molar-refractivity contribution in [2.24, 2.45) is 0 Å². The lowest BCUT2D eigenvalue weighted by Gasteiger charge is -2.26. The Morgan fingerprint density at radius 2 is 1.63 bits per heavy atom. The Morgan fingerprint density at radius 3 is 2.29 bits per heavy atom. The van der Waals surface area contributed by atoms with Crippen LogP contribution in [0.1, 0.15) is 36.6 Å². The molecule has 1 amide bonds. The summed E-state index contributed by atoms with van der Waals surface area (Å²) in [6.07, 6.45) is 0. The summed E-state index contributed by atoms with van der Waals surface area (Å²) in [7, 11) is 0. The number of rotatable bonds is 7. The molecule has 1 heterocycles. The molecule has 0 aliphatic carbocycles. The number of benzene rings is 3. The predicted octanol–water partition coefficient (Wildman–Crippen LogP) is 5.56. The first-order chi connectivity index (χ1) is 16.9. The summed E-state index contributed by atoms with van der Waals surface area (Å²) >= 11 is 0. The molecule has 1 unspecified atom stereocenters. The highest BCUT2D eigenvalue weighted by molar-refractivity contribution is 6.51. The fraction of sp³-hybridized carbons (Fsp3) is 0.214. The Balaban J connectivity index is 1.91. The number of aryl methyl sites for hydroxylation is 1. The fourth-order valence-electron chi connectivity index (χ4n) is 4.19. The highest BCUT2D eigenvalue weighted by Crippen LogP contribution is 2.44. The van der Waals surface area contributed by atoms with Crippen LogP contribution in [0.25, 0.3) is 5.76 Å². The number of Topliss-reactive ketones (excluding diaryl/α,β-unsaturated/α-hetero) is 1. The molecule has 0 bridgehead atoms. The Labute approximate surface area is 203 Å². The van der Waals surface area contributed by atoms with Crippen LogP contribution in [0.5, 0.6) is 11.5 Å². The molecule has 1 fully saturated rings. The molecule has 0 spiro atoms. The average Bonchev–Trinajstić information content (AvgIpc) is 3.12. The van der Waals surface area contributed by atoms with E-state index in [1.807, 2.05) is 19.9 Å². The van der Waals surface area contributed by atoms with Crippen LogP contribution in [0.2, 0.25) is 0 Å². The molecule has 1 N–H and O–H groups in total. The van der Waals surface area contributed by atoms with Crippen molar-refractivity contribution < 1.29 is 28.6 Å². The van der Waals surface area contributed by atoms with Gasteiger partial charge in [-0.15, -0.1) is 0 Å². The second kappa shape index (κ2) is 10.0. The molecule has 0 aromatic heterocycles. The third-order valence-corrected chi connectivity index (χ3v) is 5.80. The highest BCUT2D eigenvalue weighted by atomic mass is 19.1. The van der Waals surface area contributed by atoms with E-state index < -0.39 is 23.5 Å². The Morgan fingerprint density at radius 1 is 0.943 bits per heavy atom. The lowest BCUT2D eigenvalue weighted by molar-refractivity contribution is -0.132. The van der Waals surface area contributed by atoms with Crippen molar-refractivity contribution in [3.8, 4) is 11.5 Å². The minimum atomic E-state index is -0.894. The Kier molecular flexibility index (Phi) is 6.87. The van der Waals surface area contributed by atoms with Gasteiger partial charge in [0.15, 0.2) is 11.5 Å². The molecule has 35 heavy (non-hydrogen) atoms. The lowest BCUT2D eigenvalue weighted by atomic mass is 9.94. The van der Waals surface area contributed by atoms with E-state index >= 15 is 0 Å². The van der Waals surface area contributed by atoms with E-state index in [-0.39, 0.29) is 16.9 Å². The predicted molar refractivity (Wildman–Crippen MR) is 131 cm³/mol. The van der Waals surface area contributed by atoms with Crippen LogP contribution in [0.4, 0.5) is 10.1 Å². The number of anilines is 1. The van der Waals surface area contributed by atoms with Crippen LogP contribution in [0.3, 0.4) is 0 Å². The highest BCUT2D eigenvalue weighted by Gasteiger charge is 2.47. The van der Waals surface area contributed by atoms with Gasteiger partial charge in [0, 0.05) is 17.3 Å². The minimum absolute atomic E-state index is 0.0703. The lowest BCUT2D eigenvalue weighted by Crippen LogP contribution is -2.29. The third-order valence-electron chi connectivity index (χ3n) is 5.80. The van der Waals surface area contributed by atoms with Gasteiger partial charge in [-0.3, -0.25) is 14.5 Å².